The molecule has 0 saturated heterocycles. The molecule has 114 valence electrons. The van der Waals surface area contributed by atoms with Gasteiger partial charge in [0.2, 0.25) is 0 Å². The van der Waals surface area contributed by atoms with E-state index in [1.54, 1.807) is 12.3 Å². The Kier molecular flexibility index (Phi) is 5.46. The highest BCUT2D eigenvalue weighted by Gasteiger charge is 2.16. The zero-order valence-corrected chi connectivity index (χ0v) is 13.2. The van der Waals surface area contributed by atoms with Gasteiger partial charge in [-0.1, -0.05) is 13.8 Å². The highest BCUT2D eigenvalue weighted by atomic mass is 32.1. The number of nitrogens with zero attached hydrogens (tertiary/aromatic N) is 3. The number of carbonyl (C=O) groups is 1. The lowest BCUT2D eigenvalue weighted by atomic mass is 10.2. The number of carbonyl (C=O) groups excluding carboxylic acids is 1. The van der Waals surface area contributed by atoms with Crippen molar-refractivity contribution >= 4 is 33.1 Å². The number of fused-ring (bicyclic) bond motifs is 1. The molecule has 21 heavy (non-hydrogen) atoms. The summed E-state index contributed by atoms with van der Waals surface area (Å²) in [4.78, 5) is 15.7. The molecule has 0 fully saturated rings. The minimum atomic E-state index is -0.130. The maximum Gasteiger partial charge on any atom is 0.263 e. The average Bonchev–Trinajstić information content (AvgIpc) is 2.85. The summed E-state index contributed by atoms with van der Waals surface area (Å²) in [7, 11) is 0. The van der Waals surface area contributed by atoms with Gasteiger partial charge in [0, 0.05) is 11.9 Å². The first-order valence-electron chi connectivity index (χ1n) is 7.17. The van der Waals surface area contributed by atoms with E-state index in [-0.39, 0.29) is 5.91 Å². The monoisotopic (exact) mass is 307 g/mol. The summed E-state index contributed by atoms with van der Waals surface area (Å²) in [6.45, 7) is 7.98. The Morgan fingerprint density at radius 3 is 2.86 bits per heavy atom. The van der Waals surface area contributed by atoms with Gasteiger partial charge in [-0.05, 0) is 32.1 Å². The molecular weight excluding hydrogens is 286 g/mol. The van der Waals surface area contributed by atoms with Crippen LogP contribution in [0, 0.1) is 0 Å². The highest BCUT2D eigenvalue weighted by Crippen LogP contribution is 2.31. The van der Waals surface area contributed by atoms with Crippen molar-refractivity contribution in [2.24, 2.45) is 0 Å². The fraction of sp³-hybridized carbons (Fsp3) is 0.500. The number of hydrogen-bond donors (Lipinski definition) is 2. The third kappa shape index (κ3) is 3.68. The van der Waals surface area contributed by atoms with Crippen LogP contribution in [-0.2, 0) is 0 Å². The molecule has 0 spiro atoms. The first kappa shape index (κ1) is 15.7. The molecule has 0 saturated carbocycles. The molecule has 2 heterocycles. The summed E-state index contributed by atoms with van der Waals surface area (Å²) in [5.41, 5.74) is 6.50. The molecule has 0 unspecified atom stereocenters. The van der Waals surface area contributed by atoms with Gasteiger partial charge in [-0.25, -0.2) is 0 Å². The molecule has 0 aliphatic carbocycles. The van der Waals surface area contributed by atoms with Crippen molar-refractivity contribution in [2.75, 3.05) is 31.9 Å². The predicted octanol–water partition coefficient (Wildman–Crippen LogP) is 1.74. The predicted molar refractivity (Wildman–Crippen MR) is 86.6 cm³/mol. The van der Waals surface area contributed by atoms with Gasteiger partial charge >= 0.3 is 0 Å². The van der Waals surface area contributed by atoms with Crippen molar-refractivity contribution in [3.8, 4) is 0 Å². The zero-order chi connectivity index (χ0) is 15.2. The van der Waals surface area contributed by atoms with Crippen LogP contribution in [0.2, 0.25) is 0 Å². The first-order chi connectivity index (χ1) is 10.2. The van der Waals surface area contributed by atoms with Crippen molar-refractivity contribution in [1.82, 2.24) is 20.4 Å². The van der Waals surface area contributed by atoms with Crippen LogP contribution >= 0.6 is 11.3 Å². The van der Waals surface area contributed by atoms with Crippen LogP contribution in [0.3, 0.4) is 0 Å². The van der Waals surface area contributed by atoms with E-state index in [1.165, 1.54) is 11.3 Å². The number of hydrogen-bond acceptors (Lipinski definition) is 6. The molecule has 3 N–H and O–H groups in total. The number of nitrogen functional groups attached to an aromatic ring is 1. The minimum Gasteiger partial charge on any atom is -0.397 e. The van der Waals surface area contributed by atoms with Crippen LogP contribution in [0.4, 0.5) is 5.69 Å². The normalized spacial score (nSPS) is 11.2. The van der Waals surface area contributed by atoms with Gasteiger partial charge < -0.3 is 16.0 Å². The third-order valence-corrected chi connectivity index (χ3v) is 4.56. The summed E-state index contributed by atoms with van der Waals surface area (Å²) in [5, 5.41) is 11.5. The minimum absolute atomic E-state index is 0.130. The van der Waals surface area contributed by atoms with Crippen LogP contribution in [0.25, 0.3) is 10.2 Å². The van der Waals surface area contributed by atoms with Crippen molar-refractivity contribution in [2.45, 2.75) is 20.3 Å². The van der Waals surface area contributed by atoms with Gasteiger partial charge in [0.25, 0.3) is 5.91 Å². The van der Waals surface area contributed by atoms with Crippen LogP contribution in [-0.4, -0.2) is 47.2 Å². The summed E-state index contributed by atoms with van der Waals surface area (Å²) in [5.74, 6) is -0.130. The molecule has 0 radical (unpaired) electrons. The molecule has 2 aromatic rings. The number of rotatable bonds is 7. The van der Waals surface area contributed by atoms with Gasteiger partial charge in [-0.3, -0.25) is 4.79 Å². The molecule has 6 nitrogen and oxygen atoms in total. The quantitative estimate of drug-likeness (QED) is 0.761. The molecule has 0 bridgehead atoms. The lowest BCUT2D eigenvalue weighted by molar-refractivity contribution is 0.0956. The lowest BCUT2D eigenvalue weighted by Crippen LogP contribution is -2.29. The smallest absolute Gasteiger partial charge is 0.263 e. The number of aromatic nitrogens is 2. The van der Waals surface area contributed by atoms with E-state index in [0.717, 1.165) is 31.4 Å². The largest absolute Gasteiger partial charge is 0.397 e. The summed E-state index contributed by atoms with van der Waals surface area (Å²) in [6, 6.07) is 1.78. The van der Waals surface area contributed by atoms with E-state index in [2.05, 4.69) is 34.3 Å². The Bertz CT molecular complexity index is 608. The third-order valence-electron chi connectivity index (χ3n) is 3.46. The van der Waals surface area contributed by atoms with Crippen molar-refractivity contribution in [3.05, 3.63) is 17.1 Å². The maximum atomic E-state index is 12.2. The van der Waals surface area contributed by atoms with Crippen molar-refractivity contribution < 1.29 is 4.79 Å². The molecule has 0 aliphatic heterocycles. The van der Waals surface area contributed by atoms with E-state index >= 15 is 0 Å². The highest BCUT2D eigenvalue weighted by molar-refractivity contribution is 7.21. The number of anilines is 1. The Balaban J connectivity index is 1.92. The van der Waals surface area contributed by atoms with Gasteiger partial charge in [0.1, 0.15) is 9.71 Å². The first-order valence-corrected chi connectivity index (χ1v) is 7.99. The molecule has 1 amide bonds. The maximum absolute atomic E-state index is 12.2. The van der Waals surface area contributed by atoms with E-state index in [0.29, 0.717) is 21.9 Å². The SMILES string of the molecule is CCN(CC)CCCNC(=O)c1sc2nnccc2c1N. The number of amides is 1. The molecule has 0 aliphatic rings. The second-order valence-electron chi connectivity index (χ2n) is 4.73. The average molecular weight is 307 g/mol. The molecule has 7 heteroatoms. The van der Waals surface area contributed by atoms with Gasteiger partial charge in [0.05, 0.1) is 11.9 Å². The van der Waals surface area contributed by atoms with E-state index < -0.39 is 0 Å². The summed E-state index contributed by atoms with van der Waals surface area (Å²) in [6.07, 6.45) is 2.51. The van der Waals surface area contributed by atoms with Gasteiger partial charge in [-0.2, -0.15) is 5.10 Å². The van der Waals surface area contributed by atoms with Gasteiger partial charge in [0.15, 0.2) is 0 Å². The van der Waals surface area contributed by atoms with Crippen LogP contribution < -0.4 is 11.1 Å². The fourth-order valence-corrected chi connectivity index (χ4v) is 3.12. The zero-order valence-electron chi connectivity index (χ0n) is 12.4. The van der Waals surface area contributed by atoms with Gasteiger partial charge in [-0.15, -0.1) is 16.4 Å². The Morgan fingerprint density at radius 1 is 1.43 bits per heavy atom. The lowest BCUT2D eigenvalue weighted by Gasteiger charge is -2.17. The number of thiophene rings is 1. The summed E-state index contributed by atoms with van der Waals surface area (Å²) < 4.78 is 0. The number of nitrogens with one attached hydrogen (secondary N) is 1. The topological polar surface area (TPSA) is 84.1 Å². The van der Waals surface area contributed by atoms with E-state index in [4.69, 9.17) is 5.73 Å². The van der Waals surface area contributed by atoms with Crippen LogP contribution in [0.5, 0.6) is 0 Å². The second kappa shape index (κ2) is 7.33. The second-order valence-corrected chi connectivity index (χ2v) is 5.73. The molecule has 0 atom stereocenters. The standard InChI is InChI=1S/C14H21N5OS/c1-3-19(4-2)9-5-7-16-13(20)12-11(15)10-6-8-17-18-14(10)21-12/h6,8H,3-5,7,9,15H2,1-2H3,(H,16,20). The molecule has 2 aromatic heterocycles. The van der Waals surface area contributed by atoms with Crippen molar-refractivity contribution in [3.63, 3.8) is 0 Å². The van der Waals surface area contributed by atoms with E-state index in [1.807, 2.05) is 0 Å². The Morgan fingerprint density at radius 2 is 2.19 bits per heavy atom. The fourth-order valence-electron chi connectivity index (χ4n) is 2.17. The molecular formula is C14H21N5OS. The van der Waals surface area contributed by atoms with E-state index in [9.17, 15) is 4.79 Å². The number of nitrogens with two attached hydrogens (primary N) is 1. The Hall–Kier alpha value is -1.73. The van der Waals surface area contributed by atoms with Crippen molar-refractivity contribution in [1.29, 1.82) is 0 Å². The Labute approximate surface area is 128 Å². The van der Waals surface area contributed by atoms with Crippen LogP contribution in [0.1, 0.15) is 29.9 Å². The molecule has 0 aromatic carbocycles. The van der Waals surface area contributed by atoms with Crippen LogP contribution in [0.15, 0.2) is 12.3 Å². The molecule has 2 rings (SSSR count). The summed E-state index contributed by atoms with van der Waals surface area (Å²) >= 11 is 1.28.